The Balaban J connectivity index is 1.61. The van der Waals surface area contributed by atoms with E-state index in [0.717, 1.165) is 43.6 Å². The number of piperazine rings is 1. The third-order valence-electron chi connectivity index (χ3n) is 6.61. The fraction of sp³-hybridized carbons (Fsp3) is 0.320. The Morgan fingerprint density at radius 3 is 2.36 bits per heavy atom. The summed E-state index contributed by atoms with van der Waals surface area (Å²) in [4.78, 5) is 19.6. The van der Waals surface area contributed by atoms with Crippen LogP contribution in [0.15, 0.2) is 42.6 Å². The highest BCUT2D eigenvalue weighted by atomic mass is 32.2. The SMILES string of the molecule is CSN1CCN(C(=O)c2cnc3cc(F)c(F)cc3c2-c2ccc(C3(C#N)CC3)cc2)CC1. The van der Waals surface area contributed by atoms with Gasteiger partial charge in [0.05, 0.1) is 22.6 Å². The summed E-state index contributed by atoms with van der Waals surface area (Å²) in [5.41, 5.74) is 2.39. The summed E-state index contributed by atoms with van der Waals surface area (Å²) in [5.74, 6) is -2.14. The number of halogens is 2. The Kier molecular flexibility index (Phi) is 5.55. The minimum Gasteiger partial charge on any atom is -0.336 e. The van der Waals surface area contributed by atoms with Gasteiger partial charge < -0.3 is 4.90 Å². The first-order chi connectivity index (χ1) is 16.0. The van der Waals surface area contributed by atoms with Crippen LogP contribution in [0, 0.1) is 23.0 Å². The van der Waals surface area contributed by atoms with Gasteiger partial charge in [-0.05, 0) is 36.3 Å². The molecule has 2 heterocycles. The molecular formula is C25H22F2N4OS. The molecule has 2 fully saturated rings. The van der Waals surface area contributed by atoms with Crippen LogP contribution in [-0.4, -0.2) is 52.5 Å². The highest BCUT2D eigenvalue weighted by Gasteiger charge is 2.44. The van der Waals surface area contributed by atoms with E-state index in [4.69, 9.17) is 0 Å². The maximum Gasteiger partial charge on any atom is 0.256 e. The van der Waals surface area contributed by atoms with Gasteiger partial charge in [-0.15, -0.1) is 0 Å². The maximum absolute atomic E-state index is 14.2. The number of carbonyl (C=O) groups excluding carboxylic acids is 1. The monoisotopic (exact) mass is 464 g/mol. The number of nitrogens with zero attached hydrogens (tertiary/aromatic N) is 4. The maximum atomic E-state index is 14.2. The van der Waals surface area contributed by atoms with Crippen molar-refractivity contribution in [3.8, 4) is 17.2 Å². The van der Waals surface area contributed by atoms with Gasteiger partial charge in [-0.3, -0.25) is 9.78 Å². The molecule has 8 heteroatoms. The molecule has 1 saturated carbocycles. The number of hydrogen-bond donors (Lipinski definition) is 0. The first-order valence-corrected chi connectivity index (χ1v) is 12.0. The number of hydrogen-bond acceptors (Lipinski definition) is 5. The van der Waals surface area contributed by atoms with Crippen LogP contribution >= 0.6 is 11.9 Å². The van der Waals surface area contributed by atoms with Crippen LogP contribution < -0.4 is 0 Å². The number of nitriles is 1. The van der Waals surface area contributed by atoms with Gasteiger partial charge in [0, 0.05) is 49.4 Å². The van der Waals surface area contributed by atoms with Gasteiger partial charge >= 0.3 is 0 Å². The Hall–Kier alpha value is -3.02. The predicted octanol–water partition coefficient (Wildman–Crippen LogP) is 4.77. The van der Waals surface area contributed by atoms with E-state index in [2.05, 4.69) is 15.4 Å². The molecule has 2 aliphatic rings. The Bertz CT molecular complexity index is 1280. The summed E-state index contributed by atoms with van der Waals surface area (Å²) >= 11 is 1.65. The minimum absolute atomic E-state index is 0.176. The van der Waals surface area contributed by atoms with Gasteiger partial charge in [0.2, 0.25) is 0 Å². The van der Waals surface area contributed by atoms with Crippen molar-refractivity contribution >= 4 is 28.8 Å². The summed E-state index contributed by atoms with van der Waals surface area (Å²) in [7, 11) is 0. The molecule has 1 aliphatic heterocycles. The van der Waals surface area contributed by atoms with Crippen molar-refractivity contribution in [2.45, 2.75) is 18.3 Å². The molecule has 1 saturated heterocycles. The molecule has 168 valence electrons. The number of carbonyl (C=O) groups is 1. The Morgan fingerprint density at radius 2 is 1.76 bits per heavy atom. The molecule has 0 spiro atoms. The largest absolute Gasteiger partial charge is 0.336 e. The molecule has 1 aliphatic carbocycles. The smallest absolute Gasteiger partial charge is 0.256 e. The molecule has 0 atom stereocenters. The van der Waals surface area contributed by atoms with E-state index in [-0.39, 0.29) is 11.4 Å². The Morgan fingerprint density at radius 1 is 1.09 bits per heavy atom. The number of benzene rings is 2. The number of aromatic nitrogens is 1. The first kappa shape index (κ1) is 21.8. The van der Waals surface area contributed by atoms with E-state index in [1.807, 2.05) is 30.5 Å². The van der Waals surface area contributed by atoms with Gasteiger partial charge in [0.25, 0.3) is 5.91 Å². The van der Waals surface area contributed by atoms with Gasteiger partial charge in [0.15, 0.2) is 11.6 Å². The van der Waals surface area contributed by atoms with Crippen LogP contribution in [-0.2, 0) is 5.41 Å². The average molecular weight is 465 g/mol. The molecule has 2 aromatic carbocycles. The normalized spacial score (nSPS) is 17.7. The molecular weight excluding hydrogens is 442 g/mol. The van der Waals surface area contributed by atoms with E-state index < -0.39 is 17.0 Å². The van der Waals surface area contributed by atoms with Gasteiger partial charge in [0.1, 0.15) is 0 Å². The molecule has 0 N–H and O–H groups in total. The second kappa shape index (κ2) is 8.40. The number of amides is 1. The molecule has 33 heavy (non-hydrogen) atoms. The van der Waals surface area contributed by atoms with Crippen LogP contribution in [0.4, 0.5) is 8.78 Å². The summed E-state index contributed by atoms with van der Waals surface area (Å²) in [6.45, 7) is 2.68. The first-order valence-electron chi connectivity index (χ1n) is 10.8. The zero-order chi connectivity index (χ0) is 23.2. The molecule has 1 aromatic heterocycles. The number of pyridine rings is 1. The lowest BCUT2D eigenvalue weighted by molar-refractivity contribution is 0.0704. The molecule has 0 radical (unpaired) electrons. The van der Waals surface area contributed by atoms with Crippen LogP contribution in [0.1, 0.15) is 28.8 Å². The predicted molar refractivity (Wildman–Crippen MR) is 125 cm³/mol. The van der Waals surface area contributed by atoms with E-state index in [0.29, 0.717) is 35.2 Å². The van der Waals surface area contributed by atoms with Crippen molar-refractivity contribution in [1.29, 1.82) is 5.26 Å². The Labute approximate surface area is 195 Å². The summed E-state index contributed by atoms with van der Waals surface area (Å²) < 4.78 is 30.3. The fourth-order valence-corrected chi connectivity index (χ4v) is 4.98. The summed E-state index contributed by atoms with van der Waals surface area (Å²) in [6.07, 6.45) is 5.14. The van der Waals surface area contributed by atoms with Crippen LogP contribution in [0.3, 0.4) is 0 Å². The lowest BCUT2D eigenvalue weighted by atomic mass is 9.91. The molecule has 1 amide bonds. The summed E-state index contributed by atoms with van der Waals surface area (Å²) in [6, 6.07) is 12.0. The molecule has 0 unspecified atom stereocenters. The van der Waals surface area contributed by atoms with Crippen LogP contribution in [0.2, 0.25) is 0 Å². The second-order valence-corrected chi connectivity index (χ2v) is 9.39. The van der Waals surface area contributed by atoms with Crippen LogP contribution in [0.25, 0.3) is 22.0 Å². The quantitative estimate of drug-likeness (QED) is 0.521. The van der Waals surface area contributed by atoms with Gasteiger partial charge in [-0.1, -0.05) is 36.2 Å². The average Bonchev–Trinajstić information content (AvgIpc) is 3.65. The highest BCUT2D eigenvalue weighted by Crippen LogP contribution is 2.48. The van der Waals surface area contributed by atoms with E-state index in [1.54, 1.807) is 16.8 Å². The molecule has 5 nitrogen and oxygen atoms in total. The number of fused-ring (bicyclic) bond motifs is 1. The van der Waals surface area contributed by atoms with Crippen molar-refractivity contribution in [2.75, 3.05) is 32.4 Å². The van der Waals surface area contributed by atoms with Gasteiger partial charge in [-0.2, -0.15) is 5.26 Å². The van der Waals surface area contributed by atoms with E-state index >= 15 is 0 Å². The highest BCUT2D eigenvalue weighted by molar-refractivity contribution is 7.96. The third-order valence-corrected chi connectivity index (χ3v) is 7.50. The van der Waals surface area contributed by atoms with Gasteiger partial charge in [-0.25, -0.2) is 13.1 Å². The van der Waals surface area contributed by atoms with E-state index in [1.165, 1.54) is 6.20 Å². The van der Waals surface area contributed by atoms with Crippen molar-refractivity contribution in [1.82, 2.24) is 14.2 Å². The van der Waals surface area contributed by atoms with Crippen molar-refractivity contribution in [2.24, 2.45) is 0 Å². The standard InChI is InChI=1S/C25H22F2N4OS/c1-33-31-10-8-30(9-11-31)24(32)19-14-29-22-13-21(27)20(26)12-18(22)23(19)16-2-4-17(5-3-16)25(15-28)6-7-25/h2-5,12-14H,6-11H2,1H3. The van der Waals surface area contributed by atoms with Crippen LogP contribution in [0.5, 0.6) is 0 Å². The molecule has 3 aromatic rings. The fourth-order valence-electron chi connectivity index (χ4n) is 4.45. The third kappa shape index (κ3) is 3.85. The van der Waals surface area contributed by atoms with E-state index in [9.17, 15) is 18.8 Å². The zero-order valence-electron chi connectivity index (χ0n) is 18.1. The molecule has 0 bridgehead atoms. The zero-order valence-corrected chi connectivity index (χ0v) is 19.0. The van der Waals surface area contributed by atoms with Crippen molar-refractivity contribution in [3.63, 3.8) is 0 Å². The van der Waals surface area contributed by atoms with Crippen molar-refractivity contribution < 1.29 is 13.6 Å². The topological polar surface area (TPSA) is 60.2 Å². The number of rotatable bonds is 4. The molecule has 5 rings (SSSR count). The summed E-state index contributed by atoms with van der Waals surface area (Å²) in [5, 5.41) is 9.89. The lowest BCUT2D eigenvalue weighted by Crippen LogP contribution is -2.46. The lowest BCUT2D eigenvalue weighted by Gasteiger charge is -2.33. The van der Waals surface area contributed by atoms with Crippen molar-refractivity contribution in [3.05, 3.63) is 65.4 Å². The second-order valence-electron chi connectivity index (χ2n) is 8.51. The minimum atomic E-state index is -0.984.